The number of carbonyl (C=O) groups excluding carboxylic acids is 1. The number of hydrogen-bond acceptors (Lipinski definition) is 5. The lowest BCUT2D eigenvalue weighted by atomic mass is 10.3. The fraction of sp³-hybridized carbons (Fsp3) is 0.389. The number of fused-ring (bicyclic) bond motifs is 1. The molecule has 0 atom stereocenters. The molecule has 0 saturated carbocycles. The fourth-order valence-electron chi connectivity index (χ4n) is 2.81. The molecule has 6 nitrogen and oxygen atoms in total. The lowest BCUT2D eigenvalue weighted by Gasteiger charge is -2.19. The average molecular weight is 358 g/mol. The average Bonchev–Trinajstić information content (AvgIpc) is 3.16. The number of carbonyl (C=O) groups is 1. The standard InChI is InChI=1S/C18H22N4O2S/c1-5-22(18(23)17-11(2)25-12(3)19-17)9-8-16-20-14-7-6-13(24-4)10-15(14)21-16/h6-7,10H,5,8-9H2,1-4H3,(H,20,21). The van der Waals surface area contributed by atoms with E-state index >= 15 is 0 Å². The summed E-state index contributed by atoms with van der Waals surface area (Å²) in [6.45, 7) is 7.09. The number of aromatic amines is 1. The topological polar surface area (TPSA) is 71.1 Å². The van der Waals surface area contributed by atoms with Crippen LogP contribution in [0.15, 0.2) is 18.2 Å². The number of thiazole rings is 1. The summed E-state index contributed by atoms with van der Waals surface area (Å²) in [6, 6.07) is 5.75. The zero-order chi connectivity index (χ0) is 18.0. The van der Waals surface area contributed by atoms with Crippen LogP contribution in [-0.4, -0.2) is 46.0 Å². The number of ether oxygens (including phenoxy) is 1. The quantitative estimate of drug-likeness (QED) is 0.733. The van der Waals surface area contributed by atoms with Gasteiger partial charge in [-0.1, -0.05) is 0 Å². The molecule has 1 aromatic carbocycles. The molecule has 2 heterocycles. The van der Waals surface area contributed by atoms with E-state index in [4.69, 9.17) is 4.74 Å². The monoisotopic (exact) mass is 358 g/mol. The van der Waals surface area contributed by atoms with Crippen molar-refractivity contribution < 1.29 is 9.53 Å². The Kier molecular flexibility index (Phi) is 5.03. The van der Waals surface area contributed by atoms with E-state index in [1.807, 2.05) is 43.9 Å². The Hall–Kier alpha value is -2.41. The number of benzene rings is 1. The van der Waals surface area contributed by atoms with Gasteiger partial charge >= 0.3 is 0 Å². The molecule has 1 amide bonds. The van der Waals surface area contributed by atoms with Crippen molar-refractivity contribution in [3.05, 3.63) is 39.6 Å². The summed E-state index contributed by atoms with van der Waals surface area (Å²) in [5.41, 5.74) is 2.41. The number of methoxy groups -OCH3 is 1. The second-order valence-corrected chi connectivity index (χ2v) is 7.25. The van der Waals surface area contributed by atoms with Gasteiger partial charge in [0, 0.05) is 30.5 Å². The number of nitrogens with one attached hydrogen (secondary N) is 1. The van der Waals surface area contributed by atoms with Crippen LogP contribution in [0.1, 0.15) is 33.1 Å². The molecule has 0 fully saturated rings. The van der Waals surface area contributed by atoms with E-state index in [9.17, 15) is 4.79 Å². The van der Waals surface area contributed by atoms with E-state index < -0.39 is 0 Å². The van der Waals surface area contributed by atoms with Crippen LogP contribution >= 0.6 is 11.3 Å². The highest BCUT2D eigenvalue weighted by Gasteiger charge is 2.20. The number of amides is 1. The molecule has 2 aromatic heterocycles. The molecule has 1 N–H and O–H groups in total. The number of H-pyrrole nitrogens is 1. The second kappa shape index (κ2) is 7.23. The Bertz CT molecular complexity index is 900. The number of likely N-dealkylation sites (N-methyl/N-ethyl adjacent to an activating group) is 1. The van der Waals surface area contributed by atoms with Gasteiger partial charge in [0.15, 0.2) is 0 Å². The highest BCUT2D eigenvalue weighted by atomic mass is 32.1. The molecule has 0 spiro atoms. The van der Waals surface area contributed by atoms with Gasteiger partial charge < -0.3 is 14.6 Å². The summed E-state index contributed by atoms with van der Waals surface area (Å²) in [6.07, 6.45) is 0.665. The van der Waals surface area contributed by atoms with Crippen LogP contribution in [-0.2, 0) is 6.42 Å². The number of nitrogens with zero attached hydrogens (tertiary/aromatic N) is 3. The smallest absolute Gasteiger partial charge is 0.273 e. The van der Waals surface area contributed by atoms with Crippen molar-refractivity contribution in [1.82, 2.24) is 19.9 Å². The van der Waals surface area contributed by atoms with Gasteiger partial charge in [-0.15, -0.1) is 11.3 Å². The van der Waals surface area contributed by atoms with E-state index in [0.717, 1.165) is 32.5 Å². The van der Waals surface area contributed by atoms with Crippen molar-refractivity contribution in [3.63, 3.8) is 0 Å². The van der Waals surface area contributed by atoms with E-state index in [1.165, 1.54) is 0 Å². The maximum Gasteiger partial charge on any atom is 0.273 e. The summed E-state index contributed by atoms with van der Waals surface area (Å²) in [4.78, 5) is 27.8. The van der Waals surface area contributed by atoms with Gasteiger partial charge in [-0.3, -0.25) is 4.79 Å². The van der Waals surface area contributed by atoms with Gasteiger partial charge in [-0.25, -0.2) is 9.97 Å². The van der Waals surface area contributed by atoms with Crippen LogP contribution < -0.4 is 4.74 Å². The van der Waals surface area contributed by atoms with Crippen molar-refractivity contribution in [1.29, 1.82) is 0 Å². The number of aryl methyl sites for hydroxylation is 2. The van der Waals surface area contributed by atoms with Gasteiger partial charge in [-0.05, 0) is 32.9 Å². The molecule has 0 saturated heterocycles. The van der Waals surface area contributed by atoms with Crippen molar-refractivity contribution in [2.45, 2.75) is 27.2 Å². The normalized spacial score (nSPS) is 11.0. The van der Waals surface area contributed by atoms with Gasteiger partial charge in [0.2, 0.25) is 0 Å². The SMILES string of the molecule is CCN(CCc1nc2ccc(OC)cc2[nH]1)C(=O)c1nc(C)sc1C. The summed E-state index contributed by atoms with van der Waals surface area (Å²) >= 11 is 1.56. The Balaban J connectivity index is 1.72. The Morgan fingerprint density at radius 3 is 2.76 bits per heavy atom. The van der Waals surface area contributed by atoms with E-state index in [0.29, 0.717) is 25.2 Å². The minimum absolute atomic E-state index is 0.0119. The Morgan fingerprint density at radius 2 is 2.12 bits per heavy atom. The van der Waals surface area contributed by atoms with E-state index in [-0.39, 0.29) is 5.91 Å². The third-order valence-electron chi connectivity index (χ3n) is 4.13. The van der Waals surface area contributed by atoms with Crippen molar-refractivity contribution >= 4 is 28.3 Å². The Labute approximate surface area is 150 Å². The van der Waals surface area contributed by atoms with Crippen LogP contribution in [0.3, 0.4) is 0 Å². The van der Waals surface area contributed by atoms with E-state index in [2.05, 4.69) is 15.0 Å². The minimum atomic E-state index is -0.0119. The number of hydrogen-bond donors (Lipinski definition) is 1. The number of rotatable bonds is 6. The number of aromatic nitrogens is 3. The molecule has 0 bridgehead atoms. The highest BCUT2D eigenvalue weighted by Crippen LogP contribution is 2.20. The molecular weight excluding hydrogens is 336 g/mol. The molecule has 3 rings (SSSR count). The second-order valence-electron chi connectivity index (χ2n) is 5.84. The van der Waals surface area contributed by atoms with Crippen LogP contribution in [0.4, 0.5) is 0 Å². The first kappa shape index (κ1) is 17.4. The molecule has 132 valence electrons. The minimum Gasteiger partial charge on any atom is -0.497 e. The Morgan fingerprint density at radius 1 is 1.32 bits per heavy atom. The van der Waals surface area contributed by atoms with Gasteiger partial charge in [-0.2, -0.15) is 0 Å². The zero-order valence-corrected chi connectivity index (χ0v) is 15.7. The summed E-state index contributed by atoms with van der Waals surface area (Å²) in [5, 5.41) is 0.920. The van der Waals surface area contributed by atoms with E-state index in [1.54, 1.807) is 18.4 Å². The molecular formula is C18H22N4O2S. The molecule has 3 aromatic rings. The van der Waals surface area contributed by atoms with Crippen LogP contribution in [0, 0.1) is 13.8 Å². The zero-order valence-electron chi connectivity index (χ0n) is 14.9. The molecule has 0 radical (unpaired) electrons. The summed E-state index contributed by atoms with van der Waals surface area (Å²) in [7, 11) is 1.64. The van der Waals surface area contributed by atoms with Crippen molar-refractivity contribution in [2.75, 3.05) is 20.2 Å². The van der Waals surface area contributed by atoms with Gasteiger partial charge in [0.05, 0.1) is 23.2 Å². The van der Waals surface area contributed by atoms with Crippen LogP contribution in [0.5, 0.6) is 5.75 Å². The summed E-state index contributed by atoms with van der Waals surface area (Å²) in [5.74, 6) is 1.64. The first-order valence-corrected chi connectivity index (χ1v) is 9.09. The molecule has 0 aliphatic rings. The predicted octanol–water partition coefficient (Wildman–Crippen LogP) is 3.35. The van der Waals surface area contributed by atoms with Crippen LogP contribution in [0.25, 0.3) is 11.0 Å². The maximum atomic E-state index is 12.7. The molecule has 0 aliphatic carbocycles. The first-order chi connectivity index (χ1) is 12.0. The largest absolute Gasteiger partial charge is 0.497 e. The third-order valence-corrected chi connectivity index (χ3v) is 5.02. The lowest BCUT2D eigenvalue weighted by molar-refractivity contribution is 0.0759. The first-order valence-electron chi connectivity index (χ1n) is 8.27. The molecule has 7 heteroatoms. The van der Waals surface area contributed by atoms with Crippen molar-refractivity contribution in [2.24, 2.45) is 0 Å². The van der Waals surface area contributed by atoms with Crippen LogP contribution in [0.2, 0.25) is 0 Å². The third kappa shape index (κ3) is 3.66. The summed E-state index contributed by atoms with van der Waals surface area (Å²) < 4.78 is 5.23. The van der Waals surface area contributed by atoms with Gasteiger partial charge in [0.1, 0.15) is 17.3 Å². The molecule has 0 aliphatic heterocycles. The molecule has 25 heavy (non-hydrogen) atoms. The lowest BCUT2D eigenvalue weighted by Crippen LogP contribution is -2.33. The highest BCUT2D eigenvalue weighted by molar-refractivity contribution is 7.11. The number of imidazole rings is 1. The predicted molar refractivity (Wildman–Crippen MR) is 99.5 cm³/mol. The maximum absolute atomic E-state index is 12.7. The van der Waals surface area contributed by atoms with Gasteiger partial charge in [0.25, 0.3) is 5.91 Å². The molecule has 0 unspecified atom stereocenters. The fourth-order valence-corrected chi connectivity index (χ4v) is 3.62. The van der Waals surface area contributed by atoms with Crippen molar-refractivity contribution in [3.8, 4) is 5.75 Å².